The van der Waals surface area contributed by atoms with Gasteiger partial charge in [0.25, 0.3) is 0 Å². The summed E-state index contributed by atoms with van der Waals surface area (Å²) in [4.78, 5) is 6.80. The molecule has 2 fully saturated rings. The zero-order valence-corrected chi connectivity index (χ0v) is 14.9. The lowest BCUT2D eigenvalue weighted by atomic mass is 10.1. The van der Waals surface area contributed by atoms with Gasteiger partial charge in [-0.1, -0.05) is 0 Å². The van der Waals surface area contributed by atoms with Crippen molar-refractivity contribution in [2.24, 2.45) is 0 Å². The lowest BCUT2D eigenvalue weighted by molar-refractivity contribution is 0.122. The summed E-state index contributed by atoms with van der Waals surface area (Å²) in [5.74, 6) is 1.88. The van der Waals surface area contributed by atoms with E-state index < -0.39 is 0 Å². The Labute approximate surface area is 152 Å². The summed E-state index contributed by atoms with van der Waals surface area (Å²) in [6.45, 7) is 5.40. The molecule has 0 atom stereocenters. The second kappa shape index (κ2) is 5.99. The van der Waals surface area contributed by atoms with Gasteiger partial charge < -0.3 is 14.4 Å². The molecule has 0 spiro atoms. The highest BCUT2D eigenvalue weighted by Gasteiger charge is 2.40. The molecule has 0 radical (unpaired) electrons. The van der Waals surface area contributed by atoms with Crippen molar-refractivity contribution in [2.45, 2.75) is 25.4 Å². The molecule has 5 rings (SSSR count). The van der Waals surface area contributed by atoms with Crippen molar-refractivity contribution in [1.82, 2.24) is 15.2 Å². The number of H-pyrrole nitrogens is 1. The van der Waals surface area contributed by atoms with Crippen molar-refractivity contribution in [3.63, 3.8) is 0 Å². The predicted octanol–water partition coefficient (Wildman–Crippen LogP) is 3.39. The number of benzene rings is 1. The van der Waals surface area contributed by atoms with Crippen LogP contribution in [0.25, 0.3) is 22.2 Å². The van der Waals surface area contributed by atoms with Gasteiger partial charge in [0.15, 0.2) is 0 Å². The van der Waals surface area contributed by atoms with Crippen LogP contribution >= 0.6 is 0 Å². The van der Waals surface area contributed by atoms with E-state index in [2.05, 4.69) is 39.1 Å². The number of pyridine rings is 1. The number of ether oxygens (including phenoxy) is 2. The van der Waals surface area contributed by atoms with E-state index in [-0.39, 0.29) is 5.60 Å². The van der Waals surface area contributed by atoms with Crippen molar-refractivity contribution in [3.8, 4) is 17.0 Å². The highest BCUT2D eigenvalue weighted by molar-refractivity contribution is 5.94. The number of nitrogens with one attached hydrogen (secondary N) is 1. The zero-order valence-electron chi connectivity index (χ0n) is 14.9. The largest absolute Gasteiger partial charge is 0.488 e. The Morgan fingerprint density at radius 1 is 1.15 bits per heavy atom. The topological polar surface area (TPSA) is 63.3 Å². The molecule has 6 nitrogen and oxygen atoms in total. The monoisotopic (exact) mass is 350 g/mol. The molecule has 6 heteroatoms. The average molecular weight is 350 g/mol. The summed E-state index contributed by atoms with van der Waals surface area (Å²) < 4.78 is 11.6. The van der Waals surface area contributed by atoms with Crippen molar-refractivity contribution in [2.75, 3.05) is 31.2 Å². The standard InChI is InChI=1S/C20H22N4O2/c1-20(5-6-20)26-15-2-3-17-16(13-15)19(23-22-17)14-4-7-21-18(12-14)24-8-10-25-11-9-24/h2-4,7,12-13H,5-6,8-11H2,1H3,(H,22,23). The molecule has 1 N–H and O–H groups in total. The van der Waals surface area contributed by atoms with Crippen LogP contribution < -0.4 is 9.64 Å². The van der Waals surface area contributed by atoms with E-state index in [1.54, 1.807) is 0 Å². The fourth-order valence-corrected chi connectivity index (χ4v) is 3.37. The van der Waals surface area contributed by atoms with Crippen LogP contribution in [0.15, 0.2) is 36.5 Å². The number of morpholine rings is 1. The quantitative estimate of drug-likeness (QED) is 0.781. The maximum Gasteiger partial charge on any atom is 0.129 e. The molecule has 1 aliphatic heterocycles. The summed E-state index contributed by atoms with van der Waals surface area (Å²) in [6.07, 6.45) is 4.10. The molecule has 134 valence electrons. The van der Waals surface area contributed by atoms with E-state index in [1.165, 1.54) is 0 Å². The fourth-order valence-electron chi connectivity index (χ4n) is 3.37. The molecule has 3 heterocycles. The van der Waals surface area contributed by atoms with Gasteiger partial charge in [0.2, 0.25) is 0 Å². The number of fused-ring (bicyclic) bond motifs is 1. The Morgan fingerprint density at radius 2 is 2.00 bits per heavy atom. The fraction of sp³-hybridized carbons (Fsp3) is 0.400. The molecule has 26 heavy (non-hydrogen) atoms. The molecule has 1 saturated carbocycles. The van der Waals surface area contributed by atoms with Gasteiger partial charge in [0, 0.05) is 30.2 Å². The maximum atomic E-state index is 6.12. The van der Waals surface area contributed by atoms with Crippen molar-refractivity contribution in [3.05, 3.63) is 36.5 Å². The molecule has 2 aromatic heterocycles. The lowest BCUT2D eigenvalue weighted by Crippen LogP contribution is -2.36. The second-order valence-corrected chi connectivity index (χ2v) is 7.33. The van der Waals surface area contributed by atoms with Crippen LogP contribution in [0.5, 0.6) is 5.75 Å². The third-order valence-corrected chi connectivity index (χ3v) is 5.21. The number of hydrogen-bond acceptors (Lipinski definition) is 5. The van der Waals surface area contributed by atoms with Gasteiger partial charge in [-0.05, 0) is 50.1 Å². The van der Waals surface area contributed by atoms with Crippen LogP contribution in [0, 0.1) is 0 Å². The molecule has 2 aliphatic rings. The number of anilines is 1. The van der Waals surface area contributed by atoms with E-state index in [1.807, 2.05) is 24.4 Å². The smallest absolute Gasteiger partial charge is 0.129 e. The van der Waals surface area contributed by atoms with E-state index >= 15 is 0 Å². The van der Waals surface area contributed by atoms with Gasteiger partial charge in [-0.15, -0.1) is 0 Å². The van der Waals surface area contributed by atoms with E-state index in [4.69, 9.17) is 9.47 Å². The Bertz CT molecular complexity index is 942. The van der Waals surface area contributed by atoms with Gasteiger partial charge >= 0.3 is 0 Å². The van der Waals surface area contributed by atoms with Gasteiger partial charge in [0.05, 0.1) is 24.4 Å². The highest BCUT2D eigenvalue weighted by atomic mass is 16.5. The first-order chi connectivity index (χ1) is 12.7. The Hall–Kier alpha value is -2.60. The third-order valence-electron chi connectivity index (χ3n) is 5.21. The number of aromatic amines is 1. The van der Waals surface area contributed by atoms with Crippen LogP contribution in [-0.4, -0.2) is 47.1 Å². The molecule has 0 bridgehead atoms. The SMILES string of the molecule is CC1(Oc2ccc3n[nH]c(-c4ccnc(N5CCOCC5)c4)c3c2)CC1. The van der Waals surface area contributed by atoms with Crippen LogP contribution in [0.1, 0.15) is 19.8 Å². The third kappa shape index (κ3) is 2.90. The predicted molar refractivity (Wildman–Crippen MR) is 101 cm³/mol. The summed E-state index contributed by atoms with van der Waals surface area (Å²) in [6, 6.07) is 10.2. The van der Waals surface area contributed by atoms with Gasteiger partial charge in [-0.25, -0.2) is 4.98 Å². The number of rotatable bonds is 4. The molecular formula is C20H22N4O2. The molecular weight excluding hydrogens is 328 g/mol. The lowest BCUT2D eigenvalue weighted by Gasteiger charge is -2.27. The highest BCUT2D eigenvalue weighted by Crippen LogP contribution is 2.40. The average Bonchev–Trinajstić information content (AvgIpc) is 3.25. The van der Waals surface area contributed by atoms with E-state index in [9.17, 15) is 0 Å². The second-order valence-electron chi connectivity index (χ2n) is 7.33. The molecule has 3 aromatic rings. The van der Waals surface area contributed by atoms with Crippen LogP contribution in [0.4, 0.5) is 5.82 Å². The van der Waals surface area contributed by atoms with Gasteiger partial charge in [-0.3, -0.25) is 5.10 Å². The molecule has 1 saturated heterocycles. The van der Waals surface area contributed by atoms with Crippen LogP contribution in [0.3, 0.4) is 0 Å². The Kier molecular flexibility index (Phi) is 3.60. The molecule has 1 aliphatic carbocycles. The molecule has 0 unspecified atom stereocenters. The zero-order chi connectivity index (χ0) is 17.6. The van der Waals surface area contributed by atoms with Gasteiger partial charge in [0.1, 0.15) is 17.2 Å². The normalized spacial score (nSPS) is 18.9. The maximum absolute atomic E-state index is 6.12. The van der Waals surface area contributed by atoms with Gasteiger partial charge in [-0.2, -0.15) is 5.10 Å². The Balaban J connectivity index is 1.50. The first kappa shape index (κ1) is 15.6. The van der Waals surface area contributed by atoms with Crippen LogP contribution in [-0.2, 0) is 4.74 Å². The summed E-state index contributed by atoms with van der Waals surface area (Å²) in [5.41, 5.74) is 3.04. The summed E-state index contributed by atoms with van der Waals surface area (Å²) in [5, 5.41) is 8.72. The van der Waals surface area contributed by atoms with Crippen molar-refractivity contribution in [1.29, 1.82) is 0 Å². The number of hydrogen-bond donors (Lipinski definition) is 1. The molecule has 0 amide bonds. The Morgan fingerprint density at radius 3 is 2.81 bits per heavy atom. The van der Waals surface area contributed by atoms with E-state index in [0.29, 0.717) is 0 Å². The minimum absolute atomic E-state index is 0.0117. The number of nitrogens with zero attached hydrogens (tertiary/aromatic N) is 3. The summed E-state index contributed by atoms with van der Waals surface area (Å²) >= 11 is 0. The first-order valence-corrected chi connectivity index (χ1v) is 9.17. The van der Waals surface area contributed by atoms with Crippen LogP contribution in [0.2, 0.25) is 0 Å². The minimum atomic E-state index is 0.0117. The first-order valence-electron chi connectivity index (χ1n) is 9.17. The summed E-state index contributed by atoms with van der Waals surface area (Å²) in [7, 11) is 0. The molecule has 1 aromatic carbocycles. The van der Waals surface area contributed by atoms with Crippen molar-refractivity contribution >= 4 is 16.7 Å². The van der Waals surface area contributed by atoms with E-state index in [0.717, 1.165) is 72.9 Å². The van der Waals surface area contributed by atoms with Crippen molar-refractivity contribution < 1.29 is 9.47 Å². The minimum Gasteiger partial charge on any atom is -0.488 e. The number of aromatic nitrogens is 3.